The number of hydrogen-bond donors (Lipinski definition) is 3. The molecule has 3 N–H and O–H groups in total. The quantitative estimate of drug-likeness (QED) is 0.262. The van der Waals surface area contributed by atoms with Crippen molar-refractivity contribution in [3.63, 3.8) is 0 Å². The Labute approximate surface area is 225 Å². The van der Waals surface area contributed by atoms with Gasteiger partial charge >= 0.3 is 6.18 Å². The molecule has 13 heteroatoms. The van der Waals surface area contributed by atoms with E-state index in [0.29, 0.717) is 40.9 Å². The Balaban J connectivity index is 1.24. The average molecular weight is 559 g/mol. The molecule has 4 aromatic rings. The molecular weight excluding hydrogens is 532 g/mol. The summed E-state index contributed by atoms with van der Waals surface area (Å²) in [6.45, 7) is 1.18. The van der Waals surface area contributed by atoms with Gasteiger partial charge in [-0.15, -0.1) is 0 Å². The molecule has 0 spiro atoms. The van der Waals surface area contributed by atoms with E-state index in [-0.39, 0.29) is 42.3 Å². The van der Waals surface area contributed by atoms with Crippen molar-refractivity contribution in [3.8, 4) is 11.1 Å². The van der Waals surface area contributed by atoms with E-state index >= 15 is 0 Å². The van der Waals surface area contributed by atoms with Crippen LogP contribution in [0, 0.1) is 5.82 Å². The Hall–Kier alpha value is -4.26. The van der Waals surface area contributed by atoms with E-state index in [9.17, 15) is 27.2 Å². The molecule has 1 aliphatic carbocycles. The number of carbonyl (C=O) groups excluding carboxylic acids is 2. The molecule has 0 aliphatic heterocycles. The predicted octanol–water partition coefficient (Wildman–Crippen LogP) is 4.42. The number of anilines is 1. The number of amides is 2. The van der Waals surface area contributed by atoms with Crippen molar-refractivity contribution >= 4 is 28.7 Å². The van der Waals surface area contributed by atoms with Crippen molar-refractivity contribution in [3.05, 3.63) is 65.4 Å². The van der Waals surface area contributed by atoms with E-state index < -0.39 is 23.3 Å². The van der Waals surface area contributed by atoms with E-state index in [1.165, 1.54) is 12.1 Å². The van der Waals surface area contributed by atoms with Gasteiger partial charge in [0.05, 0.1) is 6.42 Å². The summed E-state index contributed by atoms with van der Waals surface area (Å²) in [5.74, 6) is -2.07. The van der Waals surface area contributed by atoms with Gasteiger partial charge in [-0.2, -0.15) is 13.2 Å². The first-order chi connectivity index (χ1) is 18.9. The lowest BCUT2D eigenvalue weighted by Crippen LogP contribution is -2.31. The van der Waals surface area contributed by atoms with Crippen LogP contribution in [-0.2, 0) is 16.6 Å². The van der Waals surface area contributed by atoms with Gasteiger partial charge in [-0.25, -0.2) is 9.37 Å². The van der Waals surface area contributed by atoms with Crippen molar-refractivity contribution in [2.24, 2.45) is 0 Å². The number of aromatic amines is 1. The largest absolute Gasteiger partial charge is 0.401 e. The molecule has 1 fully saturated rings. The SMILES string of the molecule is CN(C)CCNC(=O)c1cc2cc(-c3ccc(CC(=O)Nc4cc(C5(C(F)(F)F)CC5)on4)c(F)c3)cnc2[nH]1. The highest BCUT2D eigenvalue weighted by atomic mass is 19.4. The molecule has 0 radical (unpaired) electrons. The Morgan fingerprint density at radius 1 is 1.12 bits per heavy atom. The molecule has 5 rings (SSSR count). The fourth-order valence-electron chi connectivity index (χ4n) is 4.37. The fraction of sp³-hybridized carbons (Fsp3) is 0.333. The van der Waals surface area contributed by atoms with Gasteiger partial charge in [0.1, 0.15) is 22.6 Å². The summed E-state index contributed by atoms with van der Waals surface area (Å²) in [7, 11) is 3.82. The topological polar surface area (TPSA) is 116 Å². The van der Waals surface area contributed by atoms with E-state index in [0.717, 1.165) is 6.07 Å². The zero-order valence-corrected chi connectivity index (χ0v) is 21.7. The van der Waals surface area contributed by atoms with Crippen LogP contribution in [0.3, 0.4) is 0 Å². The minimum atomic E-state index is -4.47. The standard InChI is InChI=1S/C27H26F4N6O3/c1-37(2)8-7-32-25(39)20-11-17-9-18(14-33-24(17)34-20)15-3-4-16(19(28)10-15)12-23(38)35-22-13-21(40-36-22)26(5-6-26)27(29,30)31/h3-4,9-11,13-14H,5-8,12H2,1-2H3,(H,32,39)(H,33,34)(H,35,36,38). The number of nitrogens with one attached hydrogen (secondary N) is 3. The number of aromatic nitrogens is 3. The third kappa shape index (κ3) is 5.55. The number of hydrogen-bond acceptors (Lipinski definition) is 6. The molecular formula is C27H26F4N6O3. The fourth-order valence-corrected chi connectivity index (χ4v) is 4.37. The molecule has 0 atom stereocenters. The van der Waals surface area contributed by atoms with Crippen LogP contribution >= 0.6 is 0 Å². The zero-order valence-electron chi connectivity index (χ0n) is 21.7. The number of benzene rings is 1. The van der Waals surface area contributed by atoms with E-state index in [2.05, 4.69) is 25.8 Å². The molecule has 40 heavy (non-hydrogen) atoms. The van der Waals surface area contributed by atoms with Crippen molar-refractivity contribution in [2.45, 2.75) is 30.9 Å². The van der Waals surface area contributed by atoms with Gasteiger partial charge < -0.3 is 25.0 Å². The lowest BCUT2D eigenvalue weighted by Gasteiger charge is -2.14. The lowest BCUT2D eigenvalue weighted by molar-refractivity contribution is -0.165. The first kappa shape index (κ1) is 27.3. The smallest absolute Gasteiger partial charge is 0.358 e. The second-order valence-corrected chi connectivity index (χ2v) is 10.1. The molecule has 3 heterocycles. The summed E-state index contributed by atoms with van der Waals surface area (Å²) >= 11 is 0. The molecule has 1 aliphatic rings. The van der Waals surface area contributed by atoms with Gasteiger partial charge in [0, 0.05) is 36.3 Å². The molecule has 1 aromatic carbocycles. The molecule has 2 amide bonds. The summed E-state index contributed by atoms with van der Waals surface area (Å²) in [5, 5.41) is 9.37. The van der Waals surface area contributed by atoms with E-state index in [1.54, 1.807) is 24.4 Å². The third-order valence-electron chi connectivity index (χ3n) is 6.84. The Morgan fingerprint density at radius 2 is 1.90 bits per heavy atom. The summed E-state index contributed by atoms with van der Waals surface area (Å²) in [4.78, 5) is 34.1. The normalized spacial score (nSPS) is 14.5. The van der Waals surface area contributed by atoms with Crippen LogP contribution in [0.2, 0.25) is 0 Å². The first-order valence-corrected chi connectivity index (χ1v) is 12.5. The number of carbonyl (C=O) groups is 2. The van der Waals surface area contributed by atoms with Gasteiger partial charge in [-0.1, -0.05) is 17.3 Å². The van der Waals surface area contributed by atoms with Gasteiger partial charge in [0.15, 0.2) is 11.6 Å². The second-order valence-electron chi connectivity index (χ2n) is 10.1. The molecule has 1 saturated carbocycles. The van der Waals surface area contributed by atoms with Crippen molar-refractivity contribution < 1.29 is 31.7 Å². The monoisotopic (exact) mass is 558 g/mol. The zero-order chi connectivity index (χ0) is 28.7. The summed E-state index contributed by atoms with van der Waals surface area (Å²) in [5.41, 5.74) is 0.0200. The lowest BCUT2D eigenvalue weighted by atomic mass is 10.0. The number of likely N-dealkylation sites (N-methyl/N-ethyl adjacent to an activating group) is 1. The number of H-pyrrole nitrogens is 1. The molecule has 0 unspecified atom stereocenters. The van der Waals surface area contributed by atoms with Crippen molar-refractivity contribution in [1.82, 2.24) is 25.3 Å². The van der Waals surface area contributed by atoms with Gasteiger partial charge in [-0.3, -0.25) is 9.59 Å². The van der Waals surface area contributed by atoms with E-state index in [4.69, 9.17) is 4.52 Å². The van der Waals surface area contributed by atoms with Crippen LogP contribution in [0.1, 0.15) is 34.7 Å². The molecule has 0 saturated heterocycles. The number of nitrogens with zero attached hydrogens (tertiary/aromatic N) is 3. The number of alkyl halides is 3. The van der Waals surface area contributed by atoms with Gasteiger partial charge in [0.2, 0.25) is 5.91 Å². The Morgan fingerprint density at radius 3 is 2.58 bits per heavy atom. The van der Waals surface area contributed by atoms with Crippen molar-refractivity contribution in [2.75, 3.05) is 32.5 Å². The van der Waals surface area contributed by atoms with E-state index in [1.807, 2.05) is 19.0 Å². The third-order valence-corrected chi connectivity index (χ3v) is 6.84. The summed E-state index contributed by atoms with van der Waals surface area (Å²) in [6.07, 6.45) is -3.49. The van der Waals surface area contributed by atoms with Crippen molar-refractivity contribution in [1.29, 1.82) is 0 Å². The van der Waals surface area contributed by atoms with Crippen LogP contribution in [0.25, 0.3) is 22.2 Å². The number of pyridine rings is 1. The summed E-state index contributed by atoms with van der Waals surface area (Å²) < 4.78 is 59.6. The first-order valence-electron chi connectivity index (χ1n) is 12.5. The minimum Gasteiger partial charge on any atom is -0.358 e. The molecule has 3 aromatic heterocycles. The average Bonchev–Trinajstić information content (AvgIpc) is 3.40. The van der Waals surface area contributed by atoms with Crippen LogP contribution in [0.5, 0.6) is 0 Å². The van der Waals surface area contributed by atoms with Gasteiger partial charge in [-0.05, 0) is 56.3 Å². The predicted molar refractivity (Wildman–Crippen MR) is 138 cm³/mol. The number of rotatable bonds is 9. The highest BCUT2D eigenvalue weighted by Crippen LogP contribution is 2.59. The second kappa shape index (κ2) is 10.4. The maximum absolute atomic E-state index is 14.9. The highest BCUT2D eigenvalue weighted by Gasteiger charge is 2.66. The maximum atomic E-state index is 14.9. The highest BCUT2D eigenvalue weighted by molar-refractivity contribution is 5.98. The maximum Gasteiger partial charge on any atom is 0.401 e. The minimum absolute atomic E-state index is 0.0892. The Kier molecular flexibility index (Phi) is 7.08. The van der Waals surface area contributed by atoms with Crippen LogP contribution in [0.4, 0.5) is 23.4 Å². The van der Waals surface area contributed by atoms with Crippen LogP contribution in [-0.4, -0.2) is 65.2 Å². The van der Waals surface area contributed by atoms with Gasteiger partial charge in [0.25, 0.3) is 5.91 Å². The molecule has 9 nitrogen and oxygen atoms in total. The number of halogens is 4. The molecule has 210 valence electrons. The Bertz CT molecular complexity index is 1570. The van der Waals surface area contributed by atoms with Crippen LogP contribution < -0.4 is 10.6 Å². The summed E-state index contributed by atoms with van der Waals surface area (Å²) in [6, 6.07) is 8.84. The van der Waals surface area contributed by atoms with Crippen LogP contribution in [0.15, 0.2) is 47.1 Å². The number of fused-ring (bicyclic) bond motifs is 1. The molecule has 0 bridgehead atoms.